The van der Waals surface area contributed by atoms with Gasteiger partial charge in [-0.3, -0.25) is 0 Å². The molecule has 1 amide bonds. The molecule has 154 valence electrons. The first-order chi connectivity index (χ1) is 13.6. The Hall–Kier alpha value is -2.67. The molecule has 0 saturated heterocycles. The topological polar surface area (TPSA) is 64.5 Å². The molecule has 0 bridgehead atoms. The van der Waals surface area contributed by atoms with Crippen molar-refractivity contribution in [2.24, 2.45) is 0 Å². The minimum atomic E-state index is -0.513. The van der Waals surface area contributed by atoms with Crippen molar-refractivity contribution in [1.29, 1.82) is 0 Å². The molecule has 0 spiro atoms. The monoisotopic (exact) mass is 413 g/mol. The van der Waals surface area contributed by atoms with E-state index in [1.54, 1.807) is 24.6 Å². The summed E-state index contributed by atoms with van der Waals surface area (Å²) >= 11 is 1.77. The van der Waals surface area contributed by atoms with Crippen LogP contribution in [0.2, 0.25) is 0 Å². The second-order valence-electron chi connectivity index (χ2n) is 8.03. The minimum absolute atomic E-state index is 0.333. The van der Waals surface area contributed by atoms with Gasteiger partial charge >= 0.3 is 6.09 Å². The molecule has 3 aromatic heterocycles. The van der Waals surface area contributed by atoms with E-state index in [0.29, 0.717) is 19.0 Å². The van der Waals surface area contributed by atoms with E-state index >= 15 is 0 Å². The minimum Gasteiger partial charge on any atom is -0.476 e. The summed E-state index contributed by atoms with van der Waals surface area (Å²) in [4.78, 5) is 23.8. The number of thiophene rings is 1. The number of aryl methyl sites for hydroxylation is 2. The lowest BCUT2D eigenvalue weighted by Gasteiger charge is -2.24. The number of rotatable bonds is 5. The van der Waals surface area contributed by atoms with Crippen molar-refractivity contribution < 1.29 is 14.3 Å². The third kappa shape index (κ3) is 5.44. The van der Waals surface area contributed by atoms with Crippen molar-refractivity contribution in [3.63, 3.8) is 0 Å². The van der Waals surface area contributed by atoms with E-state index in [1.165, 1.54) is 20.0 Å². The second-order valence-corrected chi connectivity index (χ2v) is 9.29. The maximum absolute atomic E-state index is 12.0. The summed E-state index contributed by atoms with van der Waals surface area (Å²) in [6.07, 6.45) is 1.39. The third-order valence-corrected chi connectivity index (χ3v) is 5.38. The van der Waals surface area contributed by atoms with Crippen LogP contribution < -0.4 is 4.74 Å². The fourth-order valence-corrected chi connectivity index (χ4v) is 3.70. The van der Waals surface area contributed by atoms with Gasteiger partial charge in [-0.05, 0) is 58.4 Å². The number of fused-ring (bicyclic) bond motifs is 1. The lowest BCUT2D eigenvalue weighted by molar-refractivity contribution is 0.0277. The van der Waals surface area contributed by atoms with Gasteiger partial charge in [0.15, 0.2) is 0 Å². The normalized spacial score (nSPS) is 11.5. The first kappa shape index (κ1) is 21.0. The van der Waals surface area contributed by atoms with Crippen molar-refractivity contribution in [2.75, 3.05) is 20.2 Å². The van der Waals surface area contributed by atoms with Crippen LogP contribution in [0.5, 0.6) is 5.88 Å². The molecular formula is C22H27N3O3S. The zero-order chi connectivity index (χ0) is 21.2. The van der Waals surface area contributed by atoms with Crippen LogP contribution in [0.1, 0.15) is 31.2 Å². The van der Waals surface area contributed by atoms with Gasteiger partial charge in [-0.15, -0.1) is 11.3 Å². The van der Waals surface area contributed by atoms with Crippen LogP contribution in [0.4, 0.5) is 4.79 Å². The molecule has 0 fully saturated rings. The van der Waals surface area contributed by atoms with Crippen LogP contribution in [-0.4, -0.2) is 46.8 Å². The van der Waals surface area contributed by atoms with Crippen LogP contribution in [0.15, 0.2) is 30.5 Å². The molecule has 6 nitrogen and oxygen atoms in total. The van der Waals surface area contributed by atoms with Gasteiger partial charge < -0.3 is 14.4 Å². The number of aromatic nitrogens is 2. The molecule has 3 aromatic rings. The average molecular weight is 414 g/mol. The van der Waals surface area contributed by atoms with E-state index in [1.807, 2.05) is 32.9 Å². The van der Waals surface area contributed by atoms with Gasteiger partial charge in [0.1, 0.15) is 12.2 Å². The molecule has 0 saturated carbocycles. The summed E-state index contributed by atoms with van der Waals surface area (Å²) in [7, 11) is 1.68. The quantitative estimate of drug-likeness (QED) is 0.574. The van der Waals surface area contributed by atoms with Gasteiger partial charge in [-0.25, -0.2) is 14.8 Å². The largest absolute Gasteiger partial charge is 0.476 e. The Morgan fingerprint density at radius 3 is 2.62 bits per heavy atom. The Balaban J connectivity index is 1.60. The molecular weight excluding hydrogens is 386 g/mol. The number of ether oxygens (including phenoxy) is 2. The average Bonchev–Trinajstić information content (AvgIpc) is 3.01. The number of carbonyl (C=O) groups excluding carboxylic acids is 1. The lowest BCUT2D eigenvalue weighted by Crippen LogP contribution is -2.36. The summed E-state index contributed by atoms with van der Waals surface area (Å²) in [6, 6.07) is 7.98. The fourth-order valence-electron chi connectivity index (χ4n) is 2.78. The van der Waals surface area contributed by atoms with Gasteiger partial charge in [0.25, 0.3) is 0 Å². The Kier molecular flexibility index (Phi) is 6.07. The lowest BCUT2D eigenvalue weighted by atomic mass is 10.1. The summed E-state index contributed by atoms with van der Waals surface area (Å²) in [5, 5.41) is 0. The number of amides is 1. The summed E-state index contributed by atoms with van der Waals surface area (Å²) < 4.78 is 12.2. The van der Waals surface area contributed by atoms with E-state index in [-0.39, 0.29) is 6.09 Å². The van der Waals surface area contributed by atoms with Gasteiger partial charge in [-0.2, -0.15) is 0 Å². The highest BCUT2D eigenvalue weighted by molar-refractivity contribution is 7.19. The molecule has 29 heavy (non-hydrogen) atoms. The molecule has 0 atom stereocenters. The van der Waals surface area contributed by atoms with Crippen LogP contribution in [0.25, 0.3) is 21.5 Å². The molecule has 0 aliphatic rings. The molecule has 3 rings (SSSR count). The van der Waals surface area contributed by atoms with E-state index < -0.39 is 5.60 Å². The van der Waals surface area contributed by atoms with E-state index in [4.69, 9.17) is 14.5 Å². The van der Waals surface area contributed by atoms with Gasteiger partial charge in [0, 0.05) is 29.8 Å². The molecule has 3 heterocycles. The molecule has 0 aliphatic heterocycles. The van der Waals surface area contributed by atoms with Crippen LogP contribution in [0.3, 0.4) is 0 Å². The van der Waals surface area contributed by atoms with Gasteiger partial charge in [0.2, 0.25) is 5.88 Å². The number of likely N-dealkylation sites (N-methyl/N-ethyl adjacent to an activating group) is 1. The Labute approximate surface area is 175 Å². The van der Waals surface area contributed by atoms with E-state index in [2.05, 4.69) is 31.0 Å². The molecule has 0 N–H and O–H groups in total. The van der Waals surface area contributed by atoms with E-state index in [9.17, 15) is 4.79 Å². The zero-order valence-electron chi connectivity index (χ0n) is 17.8. The standard InChI is InChI=1S/C22H27N3O3S/c1-14-11-17(24-18-12-15(2)29-20(14)18)16-7-8-19(23-13-16)27-10-9-25(6)21(26)28-22(3,4)5/h7-8,11-13H,9-10H2,1-6H3. The number of nitrogens with zero attached hydrogens (tertiary/aromatic N) is 3. The first-order valence-corrected chi connectivity index (χ1v) is 10.4. The number of hydrogen-bond donors (Lipinski definition) is 0. The maximum atomic E-state index is 12.0. The predicted octanol–water partition coefficient (Wildman–Crippen LogP) is 5.22. The summed E-state index contributed by atoms with van der Waals surface area (Å²) in [5.41, 5.74) is 3.57. The van der Waals surface area contributed by atoms with Gasteiger partial charge in [-0.1, -0.05) is 0 Å². The van der Waals surface area contributed by atoms with Crippen molar-refractivity contribution >= 4 is 27.6 Å². The Morgan fingerprint density at radius 1 is 1.21 bits per heavy atom. The van der Waals surface area contributed by atoms with Crippen LogP contribution in [-0.2, 0) is 4.74 Å². The summed E-state index contributed by atoms with van der Waals surface area (Å²) in [5.74, 6) is 0.510. The number of carbonyl (C=O) groups is 1. The number of pyridine rings is 2. The van der Waals surface area contributed by atoms with E-state index in [0.717, 1.165) is 16.8 Å². The van der Waals surface area contributed by atoms with Crippen LogP contribution in [0, 0.1) is 13.8 Å². The second kappa shape index (κ2) is 8.37. The van der Waals surface area contributed by atoms with Crippen molar-refractivity contribution in [1.82, 2.24) is 14.9 Å². The Morgan fingerprint density at radius 2 is 1.97 bits per heavy atom. The molecule has 0 radical (unpaired) electrons. The highest BCUT2D eigenvalue weighted by Crippen LogP contribution is 2.30. The number of hydrogen-bond acceptors (Lipinski definition) is 6. The molecule has 0 aliphatic carbocycles. The molecule has 0 unspecified atom stereocenters. The van der Waals surface area contributed by atoms with Gasteiger partial charge in [0.05, 0.1) is 22.5 Å². The SMILES string of the molecule is Cc1cc2nc(-c3ccc(OCCN(C)C(=O)OC(C)(C)C)nc3)cc(C)c2s1. The highest BCUT2D eigenvalue weighted by atomic mass is 32.1. The van der Waals surface area contributed by atoms with Crippen molar-refractivity contribution in [2.45, 2.75) is 40.2 Å². The van der Waals surface area contributed by atoms with Crippen molar-refractivity contribution in [3.8, 4) is 17.1 Å². The van der Waals surface area contributed by atoms with Crippen LogP contribution >= 0.6 is 11.3 Å². The zero-order valence-corrected chi connectivity index (χ0v) is 18.6. The Bertz CT molecular complexity index is 1010. The molecule has 7 heteroatoms. The molecule has 0 aromatic carbocycles. The summed E-state index contributed by atoms with van der Waals surface area (Å²) in [6.45, 7) is 10.5. The highest BCUT2D eigenvalue weighted by Gasteiger charge is 2.19. The predicted molar refractivity (Wildman–Crippen MR) is 117 cm³/mol. The smallest absolute Gasteiger partial charge is 0.410 e. The fraction of sp³-hybridized carbons (Fsp3) is 0.409. The first-order valence-electron chi connectivity index (χ1n) is 9.53. The van der Waals surface area contributed by atoms with Crippen molar-refractivity contribution in [3.05, 3.63) is 40.9 Å². The third-order valence-electron chi connectivity index (χ3n) is 4.20. The maximum Gasteiger partial charge on any atom is 0.410 e.